The summed E-state index contributed by atoms with van der Waals surface area (Å²) in [5, 5.41) is 14.9. The molecule has 2 unspecified atom stereocenters. The summed E-state index contributed by atoms with van der Waals surface area (Å²) < 4.78 is 2.00. The molecule has 4 rings (SSSR count). The van der Waals surface area contributed by atoms with Crippen molar-refractivity contribution in [2.75, 3.05) is 18.4 Å². The van der Waals surface area contributed by atoms with Gasteiger partial charge in [0.1, 0.15) is 0 Å². The molecule has 1 aromatic carbocycles. The number of pyridine rings is 1. The van der Waals surface area contributed by atoms with Gasteiger partial charge in [0.15, 0.2) is 0 Å². The minimum absolute atomic E-state index is 0.120. The fraction of sp³-hybridized carbons (Fsp3) is 0.250. The zero-order valence-electron chi connectivity index (χ0n) is 18.5. The molecule has 35 heavy (non-hydrogen) atoms. The van der Waals surface area contributed by atoms with E-state index in [1.54, 1.807) is 59.6 Å². The molecule has 11 heteroatoms. The van der Waals surface area contributed by atoms with E-state index < -0.39 is 12.0 Å². The molecule has 2 aromatic heterocycles. The predicted octanol–water partition coefficient (Wildman–Crippen LogP) is 2.84. The van der Waals surface area contributed by atoms with E-state index in [1.165, 1.54) is 10.6 Å². The topological polar surface area (TPSA) is 121 Å². The van der Waals surface area contributed by atoms with Crippen molar-refractivity contribution in [2.24, 2.45) is 0 Å². The van der Waals surface area contributed by atoms with Crippen LogP contribution in [0.2, 0.25) is 4.34 Å². The van der Waals surface area contributed by atoms with Gasteiger partial charge in [-0.05, 0) is 48.9 Å². The summed E-state index contributed by atoms with van der Waals surface area (Å²) in [6.07, 6.45) is 1.88. The van der Waals surface area contributed by atoms with Gasteiger partial charge >= 0.3 is 5.97 Å². The quantitative estimate of drug-likeness (QED) is 0.425. The van der Waals surface area contributed by atoms with E-state index in [-0.39, 0.29) is 36.4 Å². The maximum atomic E-state index is 13.1. The number of carboxylic acid groups (broad SMARTS) is 1. The van der Waals surface area contributed by atoms with Gasteiger partial charge in [-0.25, -0.2) is 0 Å². The summed E-state index contributed by atoms with van der Waals surface area (Å²) in [7, 11) is 0. The number of carbonyl (C=O) groups excluding carboxylic acids is 2. The third-order valence-electron chi connectivity index (χ3n) is 5.69. The number of amides is 2. The molecule has 0 spiro atoms. The van der Waals surface area contributed by atoms with Crippen molar-refractivity contribution in [1.29, 1.82) is 0 Å². The molecular formula is C24H23ClN4O5S. The minimum Gasteiger partial charge on any atom is -0.481 e. The Morgan fingerprint density at radius 1 is 1.09 bits per heavy atom. The fourth-order valence-corrected chi connectivity index (χ4v) is 4.98. The van der Waals surface area contributed by atoms with Gasteiger partial charge in [-0.2, -0.15) is 0 Å². The van der Waals surface area contributed by atoms with Crippen LogP contribution in [0.1, 0.15) is 22.5 Å². The van der Waals surface area contributed by atoms with Gasteiger partial charge in [-0.1, -0.05) is 17.7 Å². The van der Waals surface area contributed by atoms with Gasteiger partial charge in [0.25, 0.3) is 11.5 Å². The van der Waals surface area contributed by atoms with Gasteiger partial charge in [-0.15, -0.1) is 11.3 Å². The molecule has 0 saturated carbocycles. The van der Waals surface area contributed by atoms with Crippen molar-refractivity contribution in [3.8, 4) is 5.69 Å². The van der Waals surface area contributed by atoms with Crippen LogP contribution in [-0.2, 0) is 9.59 Å². The molecule has 1 saturated heterocycles. The lowest BCUT2D eigenvalue weighted by molar-refractivity contribution is -0.137. The Hall–Kier alpha value is -3.47. The van der Waals surface area contributed by atoms with Crippen molar-refractivity contribution in [2.45, 2.75) is 24.9 Å². The first-order chi connectivity index (χ1) is 16.8. The van der Waals surface area contributed by atoms with E-state index in [2.05, 4.69) is 10.6 Å². The molecule has 0 radical (unpaired) electrons. The summed E-state index contributed by atoms with van der Waals surface area (Å²) in [6, 6.07) is 14.1. The summed E-state index contributed by atoms with van der Waals surface area (Å²) in [4.78, 5) is 51.0. The third-order valence-corrected chi connectivity index (χ3v) is 6.92. The average molecular weight is 515 g/mol. The summed E-state index contributed by atoms with van der Waals surface area (Å²) in [5.74, 6) is -1.54. The van der Waals surface area contributed by atoms with E-state index in [4.69, 9.17) is 16.7 Å². The smallest absolute Gasteiger partial charge is 0.304 e. The van der Waals surface area contributed by atoms with Crippen LogP contribution in [0.25, 0.3) is 5.69 Å². The van der Waals surface area contributed by atoms with E-state index in [0.29, 0.717) is 33.6 Å². The number of carboxylic acids is 1. The number of anilines is 1. The zero-order valence-corrected chi connectivity index (χ0v) is 20.1. The van der Waals surface area contributed by atoms with Crippen molar-refractivity contribution in [3.05, 3.63) is 80.4 Å². The first kappa shape index (κ1) is 24.6. The molecule has 3 N–H and O–H groups in total. The third kappa shape index (κ3) is 6.16. The van der Waals surface area contributed by atoms with Crippen molar-refractivity contribution >= 4 is 46.4 Å². The number of aliphatic carboxylic acids is 1. The highest BCUT2D eigenvalue weighted by Crippen LogP contribution is 2.24. The molecule has 9 nitrogen and oxygen atoms in total. The SMILES string of the molecule is O=C(O)CCN1CC(NC(=O)c2ccc(Cl)s2)CC1C(=O)Nc1ccc(-n2ccccc2=O)cc1. The molecule has 1 fully saturated rings. The Morgan fingerprint density at radius 2 is 1.86 bits per heavy atom. The molecule has 3 aromatic rings. The molecule has 3 heterocycles. The van der Waals surface area contributed by atoms with Crippen LogP contribution in [0, 0.1) is 0 Å². The zero-order chi connectivity index (χ0) is 24.9. The first-order valence-corrected chi connectivity index (χ1v) is 12.1. The van der Waals surface area contributed by atoms with Gasteiger partial charge < -0.3 is 15.7 Å². The minimum atomic E-state index is -0.961. The highest BCUT2D eigenvalue weighted by Gasteiger charge is 2.37. The van der Waals surface area contributed by atoms with Gasteiger partial charge in [0.2, 0.25) is 5.91 Å². The second kappa shape index (κ2) is 10.9. The number of nitrogens with zero attached hydrogens (tertiary/aromatic N) is 2. The summed E-state index contributed by atoms with van der Waals surface area (Å²) in [5.41, 5.74) is 1.04. The molecule has 2 amide bonds. The summed E-state index contributed by atoms with van der Waals surface area (Å²) >= 11 is 7.08. The monoisotopic (exact) mass is 514 g/mol. The lowest BCUT2D eigenvalue weighted by Crippen LogP contribution is -2.40. The first-order valence-electron chi connectivity index (χ1n) is 10.9. The standard InChI is InChI=1S/C24H23ClN4O5S/c25-20-9-8-19(35-20)24(34)27-16-13-18(28(14-16)12-10-22(31)32)23(33)26-15-4-6-17(7-5-15)29-11-2-1-3-21(29)30/h1-9,11,16,18H,10,12-14H2,(H,26,33)(H,27,34)(H,31,32). The highest BCUT2D eigenvalue weighted by atomic mass is 35.5. The van der Waals surface area contributed by atoms with Crippen LogP contribution in [0.15, 0.2) is 65.6 Å². The van der Waals surface area contributed by atoms with Crippen molar-refractivity contribution in [1.82, 2.24) is 14.8 Å². The number of thiophene rings is 1. The normalized spacial score (nSPS) is 17.7. The molecule has 0 aliphatic carbocycles. The Morgan fingerprint density at radius 3 is 2.51 bits per heavy atom. The lowest BCUT2D eigenvalue weighted by Gasteiger charge is -2.22. The molecular weight excluding hydrogens is 492 g/mol. The Balaban J connectivity index is 1.43. The number of rotatable bonds is 8. The van der Waals surface area contributed by atoms with Gasteiger partial charge in [0, 0.05) is 42.8 Å². The lowest BCUT2D eigenvalue weighted by atomic mass is 10.1. The molecule has 1 aliphatic heterocycles. The maximum absolute atomic E-state index is 13.1. The largest absolute Gasteiger partial charge is 0.481 e. The van der Waals surface area contributed by atoms with Crippen molar-refractivity contribution in [3.63, 3.8) is 0 Å². The number of aromatic nitrogens is 1. The molecule has 182 valence electrons. The Kier molecular flexibility index (Phi) is 7.64. The number of hydrogen-bond acceptors (Lipinski definition) is 6. The van der Waals surface area contributed by atoms with E-state index in [1.807, 2.05) is 0 Å². The number of hydrogen-bond donors (Lipinski definition) is 3. The van der Waals surface area contributed by atoms with Crippen LogP contribution < -0.4 is 16.2 Å². The number of likely N-dealkylation sites (tertiary alicyclic amines) is 1. The maximum Gasteiger partial charge on any atom is 0.304 e. The van der Waals surface area contributed by atoms with Crippen LogP contribution in [0.5, 0.6) is 0 Å². The van der Waals surface area contributed by atoms with E-state index >= 15 is 0 Å². The van der Waals surface area contributed by atoms with Crippen LogP contribution in [0.3, 0.4) is 0 Å². The number of halogens is 1. The average Bonchev–Trinajstić information content (AvgIpc) is 3.45. The predicted molar refractivity (Wildman–Crippen MR) is 133 cm³/mol. The van der Waals surface area contributed by atoms with Crippen LogP contribution >= 0.6 is 22.9 Å². The highest BCUT2D eigenvalue weighted by molar-refractivity contribution is 7.18. The molecule has 2 atom stereocenters. The fourth-order valence-electron chi connectivity index (χ4n) is 4.03. The molecule has 0 bridgehead atoms. The van der Waals surface area contributed by atoms with Crippen LogP contribution in [-0.4, -0.2) is 57.5 Å². The van der Waals surface area contributed by atoms with Crippen LogP contribution in [0.4, 0.5) is 5.69 Å². The number of benzene rings is 1. The molecule has 1 aliphatic rings. The van der Waals surface area contributed by atoms with Gasteiger partial charge in [-0.3, -0.25) is 28.6 Å². The van der Waals surface area contributed by atoms with Gasteiger partial charge in [0.05, 0.1) is 21.7 Å². The van der Waals surface area contributed by atoms with E-state index in [0.717, 1.165) is 11.3 Å². The summed E-state index contributed by atoms with van der Waals surface area (Å²) in [6.45, 7) is 0.534. The number of carbonyl (C=O) groups is 3. The number of nitrogens with one attached hydrogen (secondary N) is 2. The Labute approximate surface area is 209 Å². The second-order valence-electron chi connectivity index (χ2n) is 8.11. The second-order valence-corrected chi connectivity index (χ2v) is 9.82. The Bertz CT molecular complexity index is 1290. The van der Waals surface area contributed by atoms with E-state index in [9.17, 15) is 19.2 Å². The van der Waals surface area contributed by atoms with Crippen molar-refractivity contribution < 1.29 is 19.5 Å².